The summed E-state index contributed by atoms with van der Waals surface area (Å²) in [6, 6.07) is 6.74. The first-order valence-corrected chi connectivity index (χ1v) is 11.0. The smallest absolute Gasteiger partial charge is 0.335 e. The molecule has 2 bridgehead atoms. The van der Waals surface area contributed by atoms with Crippen LogP contribution < -0.4 is 0 Å². The van der Waals surface area contributed by atoms with Gasteiger partial charge in [0, 0.05) is 18.3 Å². The summed E-state index contributed by atoms with van der Waals surface area (Å²) in [5.74, 6) is -0.539. The standard InChI is InChI=1S/C23H30O7/c1-13-4-9-18-14(2)20(26-12-15-5-7-16(8-6-15)19(24)25)27-21-23(18)17(13)10-11-22(3,28-21)29-30-23/h5-8,13-14,17-18,20-21H,4,9-12H2,1-3H3,(H,24,25)/t13?,14?,17-,18?,20?,21+,22+,23+/m0/s1. The first-order chi connectivity index (χ1) is 14.3. The van der Waals surface area contributed by atoms with Crippen LogP contribution in [-0.4, -0.2) is 35.0 Å². The molecule has 4 aliphatic heterocycles. The highest BCUT2D eigenvalue weighted by Crippen LogP contribution is 2.60. The van der Waals surface area contributed by atoms with E-state index in [9.17, 15) is 4.79 Å². The van der Waals surface area contributed by atoms with Crippen LogP contribution in [0, 0.1) is 23.7 Å². The fraction of sp³-hybridized carbons (Fsp3) is 0.696. The van der Waals surface area contributed by atoms with Crippen molar-refractivity contribution in [2.75, 3.05) is 0 Å². The fourth-order valence-corrected chi connectivity index (χ4v) is 5.98. The molecule has 0 radical (unpaired) electrons. The number of benzene rings is 1. The molecule has 4 unspecified atom stereocenters. The van der Waals surface area contributed by atoms with Crippen LogP contribution in [-0.2, 0) is 30.6 Å². The average Bonchev–Trinajstić information content (AvgIpc) is 2.96. The van der Waals surface area contributed by atoms with Crippen molar-refractivity contribution in [3.63, 3.8) is 0 Å². The number of hydrogen-bond donors (Lipinski definition) is 1. The third kappa shape index (κ3) is 3.10. The number of aromatic carboxylic acids is 1. The summed E-state index contributed by atoms with van der Waals surface area (Å²) in [7, 11) is 0. The molecule has 0 amide bonds. The molecule has 1 spiro atoms. The number of carbonyl (C=O) groups is 1. The molecule has 7 heteroatoms. The largest absolute Gasteiger partial charge is 0.478 e. The van der Waals surface area contributed by atoms with Gasteiger partial charge >= 0.3 is 5.97 Å². The lowest BCUT2D eigenvalue weighted by Crippen LogP contribution is -2.70. The molecule has 4 saturated heterocycles. The van der Waals surface area contributed by atoms with Crippen LogP contribution in [0.2, 0.25) is 0 Å². The Labute approximate surface area is 176 Å². The summed E-state index contributed by atoms with van der Waals surface area (Å²) in [5, 5.41) is 9.06. The van der Waals surface area contributed by atoms with E-state index in [2.05, 4.69) is 13.8 Å². The second-order valence-electron chi connectivity index (χ2n) is 9.59. The molecule has 4 heterocycles. The Bertz CT molecular complexity index is 810. The van der Waals surface area contributed by atoms with Crippen molar-refractivity contribution in [3.8, 4) is 0 Å². The van der Waals surface area contributed by atoms with Gasteiger partial charge in [-0.25, -0.2) is 14.6 Å². The normalized spacial score (nSPS) is 44.9. The molecule has 30 heavy (non-hydrogen) atoms. The fourth-order valence-electron chi connectivity index (χ4n) is 5.98. The van der Waals surface area contributed by atoms with E-state index in [0.717, 1.165) is 31.2 Å². The van der Waals surface area contributed by atoms with Gasteiger partial charge in [-0.15, -0.1) is 0 Å². The van der Waals surface area contributed by atoms with Gasteiger partial charge in [0.1, 0.15) is 0 Å². The van der Waals surface area contributed by atoms with Crippen molar-refractivity contribution in [1.29, 1.82) is 0 Å². The number of hydrogen-bond acceptors (Lipinski definition) is 6. The lowest BCUT2D eigenvalue weighted by Gasteiger charge is -2.60. The van der Waals surface area contributed by atoms with Crippen LogP contribution in [0.5, 0.6) is 0 Å². The maximum atomic E-state index is 11.0. The van der Waals surface area contributed by atoms with Crippen molar-refractivity contribution >= 4 is 5.97 Å². The first kappa shape index (κ1) is 20.4. The minimum atomic E-state index is -0.936. The monoisotopic (exact) mass is 418 g/mol. The molecule has 1 saturated carbocycles. The third-order valence-corrected chi connectivity index (χ3v) is 7.71. The number of ether oxygens (including phenoxy) is 3. The zero-order chi connectivity index (χ0) is 21.1. The van der Waals surface area contributed by atoms with Gasteiger partial charge in [-0.1, -0.05) is 26.0 Å². The highest BCUT2D eigenvalue weighted by molar-refractivity contribution is 5.87. The van der Waals surface area contributed by atoms with Crippen molar-refractivity contribution in [3.05, 3.63) is 35.4 Å². The number of carboxylic acid groups (broad SMARTS) is 1. The highest BCUT2D eigenvalue weighted by atomic mass is 17.3. The maximum absolute atomic E-state index is 11.0. The minimum Gasteiger partial charge on any atom is -0.478 e. The zero-order valence-corrected chi connectivity index (χ0v) is 17.7. The van der Waals surface area contributed by atoms with E-state index in [1.54, 1.807) is 24.3 Å². The van der Waals surface area contributed by atoms with E-state index in [4.69, 9.17) is 29.1 Å². The van der Waals surface area contributed by atoms with E-state index in [0.29, 0.717) is 18.4 Å². The molecular weight excluding hydrogens is 388 g/mol. The van der Waals surface area contributed by atoms with Crippen molar-refractivity contribution in [2.24, 2.45) is 23.7 Å². The van der Waals surface area contributed by atoms with Gasteiger partial charge in [-0.3, -0.25) is 0 Å². The quantitative estimate of drug-likeness (QED) is 0.737. The number of fused-ring (bicyclic) bond motifs is 2. The Kier molecular flexibility index (Phi) is 4.95. The lowest BCUT2D eigenvalue weighted by atomic mass is 9.58. The van der Waals surface area contributed by atoms with Gasteiger partial charge in [-0.2, -0.15) is 0 Å². The molecule has 1 aromatic carbocycles. The molecule has 7 nitrogen and oxygen atoms in total. The summed E-state index contributed by atoms with van der Waals surface area (Å²) in [6.45, 7) is 6.71. The zero-order valence-electron chi connectivity index (χ0n) is 17.7. The van der Waals surface area contributed by atoms with E-state index in [1.807, 2.05) is 6.92 Å². The van der Waals surface area contributed by atoms with Crippen molar-refractivity contribution in [1.82, 2.24) is 0 Å². The predicted molar refractivity (Wildman–Crippen MR) is 105 cm³/mol. The summed E-state index contributed by atoms with van der Waals surface area (Å²) >= 11 is 0. The molecule has 1 aliphatic carbocycles. The summed E-state index contributed by atoms with van der Waals surface area (Å²) in [5.41, 5.74) is 0.579. The Hall–Kier alpha value is -1.51. The highest BCUT2D eigenvalue weighted by Gasteiger charge is 2.69. The third-order valence-electron chi connectivity index (χ3n) is 7.71. The molecule has 5 aliphatic rings. The predicted octanol–water partition coefficient (Wildman–Crippen LogP) is 4.11. The van der Waals surface area contributed by atoms with Crippen molar-refractivity contribution in [2.45, 2.75) is 77.0 Å². The van der Waals surface area contributed by atoms with Gasteiger partial charge in [0.25, 0.3) is 0 Å². The Morgan fingerprint density at radius 1 is 1.13 bits per heavy atom. The molecule has 164 valence electrons. The van der Waals surface area contributed by atoms with E-state index < -0.39 is 29.9 Å². The number of rotatable bonds is 4. The van der Waals surface area contributed by atoms with Crippen molar-refractivity contribution < 1.29 is 33.9 Å². The van der Waals surface area contributed by atoms with Crippen LogP contribution in [0.25, 0.3) is 0 Å². The van der Waals surface area contributed by atoms with Crippen LogP contribution >= 0.6 is 0 Å². The first-order valence-electron chi connectivity index (χ1n) is 11.0. The van der Waals surface area contributed by atoms with Crippen LogP contribution in [0.4, 0.5) is 0 Å². The summed E-state index contributed by atoms with van der Waals surface area (Å²) in [4.78, 5) is 23.0. The maximum Gasteiger partial charge on any atom is 0.335 e. The SMILES string of the molecule is CC1C(OCc2ccc(C(=O)O)cc2)O[C@@H]2O[C@@]3(C)CC[C@H]4C(C)CCC1[C@@]24OO3. The molecule has 1 aromatic rings. The second kappa shape index (κ2) is 7.28. The summed E-state index contributed by atoms with van der Waals surface area (Å²) in [6.07, 6.45) is 3.01. The molecule has 0 aromatic heterocycles. The summed E-state index contributed by atoms with van der Waals surface area (Å²) < 4.78 is 18.9. The van der Waals surface area contributed by atoms with Gasteiger partial charge in [0.05, 0.1) is 12.2 Å². The Morgan fingerprint density at radius 3 is 2.63 bits per heavy atom. The van der Waals surface area contributed by atoms with Crippen LogP contribution in [0.3, 0.4) is 0 Å². The minimum absolute atomic E-state index is 0.115. The molecule has 5 fully saturated rings. The second-order valence-corrected chi connectivity index (χ2v) is 9.59. The number of carboxylic acids is 1. The molecular formula is C23H30O7. The topological polar surface area (TPSA) is 83.5 Å². The molecule has 6 rings (SSSR count). The van der Waals surface area contributed by atoms with Gasteiger partial charge in [-0.05, 0) is 55.7 Å². The van der Waals surface area contributed by atoms with E-state index >= 15 is 0 Å². The van der Waals surface area contributed by atoms with E-state index in [-0.39, 0.29) is 17.4 Å². The van der Waals surface area contributed by atoms with E-state index in [1.165, 1.54) is 0 Å². The Morgan fingerprint density at radius 2 is 1.90 bits per heavy atom. The Balaban J connectivity index is 1.37. The van der Waals surface area contributed by atoms with Gasteiger partial charge < -0.3 is 19.3 Å². The molecule has 8 atom stereocenters. The van der Waals surface area contributed by atoms with Crippen LogP contribution in [0.1, 0.15) is 62.4 Å². The molecule has 1 N–H and O–H groups in total. The van der Waals surface area contributed by atoms with Gasteiger partial charge in [0.2, 0.25) is 5.79 Å². The van der Waals surface area contributed by atoms with Gasteiger partial charge in [0.15, 0.2) is 18.2 Å². The average molecular weight is 418 g/mol. The lowest BCUT2D eigenvalue weighted by molar-refractivity contribution is -0.577. The van der Waals surface area contributed by atoms with Crippen LogP contribution in [0.15, 0.2) is 24.3 Å².